The normalized spacial score (nSPS) is 9.69. The van der Waals surface area contributed by atoms with Crippen molar-refractivity contribution in [1.29, 1.82) is 0 Å². The summed E-state index contributed by atoms with van der Waals surface area (Å²) in [6.45, 7) is 0.689. The van der Waals surface area contributed by atoms with Crippen LogP contribution in [0, 0.1) is 0 Å². The molecule has 0 aromatic rings. The summed E-state index contributed by atoms with van der Waals surface area (Å²) in [5.74, 6) is 0. The van der Waals surface area contributed by atoms with Gasteiger partial charge in [0, 0.05) is 13.1 Å². The summed E-state index contributed by atoms with van der Waals surface area (Å²) in [5.41, 5.74) is 0. The van der Waals surface area contributed by atoms with Crippen LogP contribution >= 0.6 is 0 Å². The fraction of sp³-hybridized carbons (Fsp3) is 1.00. The summed E-state index contributed by atoms with van der Waals surface area (Å²) in [5, 5.41) is 43.1. The van der Waals surface area contributed by atoms with Gasteiger partial charge in [0.2, 0.25) is 0 Å². The number of aliphatic hydroxyl groups is 5. The lowest BCUT2D eigenvalue weighted by Gasteiger charge is -1.96. The fourth-order valence-electron chi connectivity index (χ4n) is 0.341. The second kappa shape index (κ2) is 14.3. The number of hydrogen-bond acceptors (Lipinski definition) is 6. The maximum atomic E-state index is 8.17. The van der Waals surface area contributed by atoms with E-state index in [1.54, 1.807) is 0 Å². The molecule has 0 rings (SSSR count). The molecule has 0 bridgehead atoms. The Balaban J connectivity index is 0. The van der Waals surface area contributed by atoms with E-state index in [1.165, 1.54) is 0 Å². The van der Waals surface area contributed by atoms with Crippen molar-refractivity contribution >= 4 is 0 Å². The van der Waals surface area contributed by atoms with Gasteiger partial charge in [0.05, 0.1) is 26.4 Å². The van der Waals surface area contributed by atoms with E-state index < -0.39 is 6.10 Å². The minimum Gasteiger partial charge on any atom is -0.395 e. The first kappa shape index (κ1) is 15.2. The molecule has 6 heteroatoms. The van der Waals surface area contributed by atoms with Gasteiger partial charge in [0.15, 0.2) is 0 Å². The van der Waals surface area contributed by atoms with Crippen molar-refractivity contribution in [3.63, 3.8) is 0 Å². The van der Waals surface area contributed by atoms with Crippen LogP contribution in [0.5, 0.6) is 0 Å². The van der Waals surface area contributed by atoms with Gasteiger partial charge in [-0.1, -0.05) is 0 Å². The number of hydrogen-bond donors (Lipinski definition) is 6. The van der Waals surface area contributed by atoms with Crippen LogP contribution in [-0.2, 0) is 0 Å². The Morgan fingerprint density at radius 3 is 1.38 bits per heavy atom. The lowest BCUT2D eigenvalue weighted by atomic mass is 10.4. The Kier molecular flexibility index (Phi) is 16.8. The van der Waals surface area contributed by atoms with Gasteiger partial charge in [0.25, 0.3) is 0 Å². The van der Waals surface area contributed by atoms with Crippen LogP contribution in [0.4, 0.5) is 0 Å². The van der Waals surface area contributed by atoms with E-state index in [0.29, 0.717) is 13.1 Å². The maximum Gasteiger partial charge on any atom is 0.100 e. The molecule has 0 aliphatic rings. The third-order valence-electron chi connectivity index (χ3n) is 0.999. The molecule has 13 heavy (non-hydrogen) atoms. The highest BCUT2D eigenvalue weighted by molar-refractivity contribution is 4.44. The predicted octanol–water partition coefficient (Wildman–Crippen LogP) is -3.11. The monoisotopic (exact) mass is 197 g/mol. The summed E-state index contributed by atoms with van der Waals surface area (Å²) in [7, 11) is 0. The van der Waals surface area contributed by atoms with Crippen molar-refractivity contribution < 1.29 is 25.5 Å². The third-order valence-corrected chi connectivity index (χ3v) is 0.999. The quantitative estimate of drug-likeness (QED) is 0.251. The second-order valence-electron chi connectivity index (χ2n) is 2.22. The molecule has 6 nitrogen and oxygen atoms in total. The number of rotatable bonds is 6. The van der Waals surface area contributed by atoms with Gasteiger partial charge in [-0.25, -0.2) is 0 Å². The van der Waals surface area contributed by atoms with Crippen LogP contribution < -0.4 is 5.32 Å². The Morgan fingerprint density at radius 1 is 0.846 bits per heavy atom. The highest BCUT2D eigenvalue weighted by Crippen LogP contribution is 1.71. The highest BCUT2D eigenvalue weighted by atomic mass is 16.3. The molecule has 0 unspecified atom stereocenters. The van der Waals surface area contributed by atoms with E-state index >= 15 is 0 Å². The topological polar surface area (TPSA) is 113 Å². The van der Waals surface area contributed by atoms with Crippen LogP contribution in [0.15, 0.2) is 0 Å². The van der Waals surface area contributed by atoms with E-state index in [9.17, 15) is 0 Å². The third kappa shape index (κ3) is 18.6. The molecular formula is C7H19NO5. The Morgan fingerprint density at radius 2 is 1.23 bits per heavy atom. The number of nitrogens with one attached hydrogen (secondary N) is 1. The number of aliphatic hydroxyl groups excluding tert-OH is 5. The molecule has 82 valence electrons. The molecule has 0 fully saturated rings. The maximum absolute atomic E-state index is 8.17. The zero-order chi connectivity index (χ0) is 10.5. The van der Waals surface area contributed by atoms with Crippen LogP contribution in [0.3, 0.4) is 0 Å². The van der Waals surface area contributed by atoms with Crippen molar-refractivity contribution in [2.75, 3.05) is 39.5 Å². The zero-order valence-electron chi connectivity index (χ0n) is 7.56. The van der Waals surface area contributed by atoms with E-state index in [-0.39, 0.29) is 26.4 Å². The predicted molar refractivity (Wildman–Crippen MR) is 47.2 cm³/mol. The Hall–Kier alpha value is -0.240. The summed E-state index contributed by atoms with van der Waals surface area (Å²) in [6, 6.07) is 0. The van der Waals surface area contributed by atoms with E-state index in [2.05, 4.69) is 5.32 Å². The van der Waals surface area contributed by atoms with Crippen LogP contribution in [0.2, 0.25) is 0 Å². The van der Waals surface area contributed by atoms with Gasteiger partial charge in [0.1, 0.15) is 6.10 Å². The van der Waals surface area contributed by atoms with E-state index in [0.717, 1.165) is 0 Å². The largest absolute Gasteiger partial charge is 0.395 e. The van der Waals surface area contributed by atoms with Gasteiger partial charge in [-0.15, -0.1) is 0 Å². The molecule has 6 N–H and O–H groups in total. The standard InChI is InChI=1S/C4H11NO2.C3H8O3/c6-3-1-5-2-4-7;4-1-3(6)2-5/h5-7H,1-4H2;3-6H,1-2H2. The first-order valence-corrected chi connectivity index (χ1v) is 4.05. The molecule has 0 saturated carbocycles. The molecule has 0 spiro atoms. The van der Waals surface area contributed by atoms with E-state index in [1.807, 2.05) is 0 Å². The minimum absolute atomic E-state index is 0.139. The Bertz CT molecular complexity index is 75.3. The van der Waals surface area contributed by atoms with Gasteiger partial charge in [-0.05, 0) is 0 Å². The average molecular weight is 197 g/mol. The first-order valence-electron chi connectivity index (χ1n) is 4.05. The van der Waals surface area contributed by atoms with Gasteiger partial charge < -0.3 is 30.8 Å². The van der Waals surface area contributed by atoms with Gasteiger partial charge in [-0.3, -0.25) is 0 Å². The average Bonchev–Trinajstić information content (AvgIpc) is 2.18. The lowest BCUT2D eigenvalue weighted by Crippen LogP contribution is -2.21. The highest BCUT2D eigenvalue weighted by Gasteiger charge is 1.93. The molecule has 0 atom stereocenters. The lowest BCUT2D eigenvalue weighted by molar-refractivity contribution is 0.0450. The van der Waals surface area contributed by atoms with Gasteiger partial charge in [-0.2, -0.15) is 0 Å². The van der Waals surface area contributed by atoms with Crippen molar-refractivity contribution in [3.8, 4) is 0 Å². The Labute approximate surface area is 77.5 Å². The van der Waals surface area contributed by atoms with Crippen LogP contribution in [-0.4, -0.2) is 71.2 Å². The van der Waals surface area contributed by atoms with Crippen LogP contribution in [0.1, 0.15) is 0 Å². The molecule has 0 saturated heterocycles. The van der Waals surface area contributed by atoms with Crippen molar-refractivity contribution in [1.82, 2.24) is 5.32 Å². The SMILES string of the molecule is OCC(O)CO.OCCNCCO. The molecule has 0 amide bonds. The summed E-state index contributed by atoms with van der Waals surface area (Å²) in [4.78, 5) is 0. The molecule has 0 heterocycles. The molecular weight excluding hydrogens is 178 g/mol. The molecule has 0 aliphatic carbocycles. The fourth-order valence-corrected chi connectivity index (χ4v) is 0.341. The second-order valence-corrected chi connectivity index (χ2v) is 2.22. The smallest absolute Gasteiger partial charge is 0.100 e. The van der Waals surface area contributed by atoms with Crippen LogP contribution in [0.25, 0.3) is 0 Å². The summed E-state index contributed by atoms with van der Waals surface area (Å²) in [6.07, 6.45) is -0.954. The van der Waals surface area contributed by atoms with Crippen molar-refractivity contribution in [3.05, 3.63) is 0 Å². The summed E-state index contributed by atoms with van der Waals surface area (Å²) < 4.78 is 0. The zero-order valence-corrected chi connectivity index (χ0v) is 7.56. The molecule has 0 aromatic carbocycles. The van der Waals surface area contributed by atoms with Crippen molar-refractivity contribution in [2.45, 2.75) is 6.10 Å². The van der Waals surface area contributed by atoms with E-state index in [4.69, 9.17) is 25.5 Å². The molecule has 0 aromatic heterocycles. The summed E-state index contributed by atoms with van der Waals surface area (Å²) >= 11 is 0. The van der Waals surface area contributed by atoms with Gasteiger partial charge >= 0.3 is 0 Å². The van der Waals surface area contributed by atoms with Crippen molar-refractivity contribution in [2.24, 2.45) is 0 Å². The first-order chi connectivity index (χ1) is 6.22. The molecule has 0 aliphatic heterocycles. The molecule has 0 radical (unpaired) electrons. The minimum atomic E-state index is -0.954.